The summed E-state index contributed by atoms with van der Waals surface area (Å²) >= 11 is 0. The molecular formula is C49H69F2N5O4SSi2. The molecule has 9 nitrogen and oxygen atoms in total. The second kappa shape index (κ2) is 18.2. The van der Waals surface area contributed by atoms with Gasteiger partial charge in [0.2, 0.25) is 5.16 Å². The van der Waals surface area contributed by atoms with Crippen molar-refractivity contribution in [2.24, 2.45) is 0 Å². The van der Waals surface area contributed by atoms with Crippen LogP contribution in [0.4, 0.5) is 19.4 Å². The Kier molecular flexibility index (Phi) is 14.0. The van der Waals surface area contributed by atoms with Crippen molar-refractivity contribution < 1.29 is 26.9 Å². The van der Waals surface area contributed by atoms with Crippen LogP contribution in [-0.2, 0) is 15.5 Å². The van der Waals surface area contributed by atoms with Gasteiger partial charge in [-0.2, -0.15) is 0 Å². The summed E-state index contributed by atoms with van der Waals surface area (Å²) in [6.45, 7) is 33.0. The zero-order valence-corrected chi connectivity index (χ0v) is 43.2. The molecular weight excluding hydrogens is 849 g/mol. The molecule has 3 atom stereocenters. The predicted octanol–water partition coefficient (Wildman–Crippen LogP) is 12.6. The third-order valence-corrected chi connectivity index (χ3v) is 26.8. The largest absolute Gasteiger partial charge is 0.543 e. The minimum atomic E-state index is -2.52. The highest BCUT2D eigenvalue weighted by molar-refractivity contribution is 7.84. The normalized spacial score (nSPS) is 17.8. The van der Waals surface area contributed by atoms with E-state index in [2.05, 4.69) is 99.5 Å². The summed E-state index contributed by atoms with van der Waals surface area (Å²) in [6.07, 6.45) is 4.25. The van der Waals surface area contributed by atoms with E-state index in [9.17, 15) is 9.00 Å². The van der Waals surface area contributed by atoms with E-state index in [1.54, 1.807) is 12.3 Å². The number of ether oxygens (including phenoxy) is 1. The van der Waals surface area contributed by atoms with Crippen molar-refractivity contribution in [1.82, 2.24) is 19.9 Å². The van der Waals surface area contributed by atoms with Gasteiger partial charge in [0.25, 0.3) is 8.32 Å². The molecule has 1 unspecified atom stereocenters. The van der Waals surface area contributed by atoms with Crippen LogP contribution in [0.15, 0.2) is 35.6 Å². The molecule has 4 aromatic rings. The van der Waals surface area contributed by atoms with Crippen LogP contribution in [0, 0.1) is 23.1 Å². The summed E-state index contributed by atoms with van der Waals surface area (Å²) in [5.74, 6) is 3.13. The first kappa shape index (κ1) is 48.5. The number of piperazine rings is 1. The van der Waals surface area contributed by atoms with Crippen LogP contribution < -0.4 is 9.33 Å². The van der Waals surface area contributed by atoms with Crippen molar-refractivity contribution in [3.63, 3.8) is 0 Å². The average Bonchev–Trinajstić information content (AvgIpc) is 3.45. The molecule has 0 N–H and O–H groups in total. The molecule has 2 saturated heterocycles. The number of benzene rings is 2. The summed E-state index contributed by atoms with van der Waals surface area (Å²) < 4.78 is 60.6. The number of rotatable bonds is 11. The fraction of sp³-hybridized carbons (Fsp3) is 0.592. The second-order valence-corrected chi connectivity index (χ2v) is 32.9. The molecule has 2 aliphatic heterocycles. The SMILES string of the molecule is CC(C)[Si](C#Cc1c(F)ccc2cc(O[Si](C(C)C)(C(C)C)C(C)C)cc(-c3ncc4c(N5C[C@H]6CC[C@@H](C5)N6C(=O)OC(C)(C)C)nc(S(C)=O)nc4c3F)c12)(C(C)C)C(C)C. The second-order valence-electron chi connectivity index (χ2n) is 20.7. The van der Waals surface area contributed by atoms with E-state index in [-0.39, 0.29) is 56.7 Å². The minimum Gasteiger partial charge on any atom is -0.543 e. The van der Waals surface area contributed by atoms with Gasteiger partial charge in [-0.25, -0.2) is 23.5 Å². The Labute approximate surface area is 379 Å². The Morgan fingerprint density at radius 2 is 1.43 bits per heavy atom. The molecule has 2 bridgehead atoms. The molecule has 6 rings (SSSR count). The molecule has 2 fully saturated rings. The van der Waals surface area contributed by atoms with Gasteiger partial charge in [0.1, 0.15) is 42.3 Å². The lowest BCUT2D eigenvalue weighted by molar-refractivity contribution is 0.0123. The van der Waals surface area contributed by atoms with Crippen LogP contribution in [0.25, 0.3) is 32.9 Å². The fourth-order valence-corrected chi connectivity index (χ4v) is 22.1. The maximum atomic E-state index is 17.8. The molecule has 0 saturated carbocycles. The maximum Gasteiger partial charge on any atom is 0.410 e. The topological polar surface area (TPSA) is 97.8 Å². The van der Waals surface area contributed by atoms with Crippen molar-refractivity contribution in [3.05, 3.63) is 47.7 Å². The lowest BCUT2D eigenvalue weighted by atomic mass is 9.95. The first-order chi connectivity index (χ1) is 29.3. The summed E-state index contributed by atoms with van der Waals surface area (Å²) in [4.78, 5) is 31.4. The molecule has 2 aliphatic rings. The van der Waals surface area contributed by atoms with Crippen molar-refractivity contribution in [3.8, 4) is 28.5 Å². The van der Waals surface area contributed by atoms with Crippen molar-refractivity contribution in [2.45, 2.75) is 173 Å². The first-order valence-electron chi connectivity index (χ1n) is 22.8. The number of halogens is 2. The number of carbonyl (C=O) groups is 1. The van der Waals surface area contributed by atoms with E-state index in [0.717, 1.165) is 12.8 Å². The van der Waals surface area contributed by atoms with Crippen LogP contribution in [0.2, 0.25) is 33.2 Å². The summed E-state index contributed by atoms with van der Waals surface area (Å²) in [6, 6.07) is 6.62. The van der Waals surface area contributed by atoms with E-state index in [1.807, 2.05) is 42.7 Å². The molecule has 2 aromatic heterocycles. The Morgan fingerprint density at radius 3 is 1.94 bits per heavy atom. The Bertz CT molecular complexity index is 2420. The van der Waals surface area contributed by atoms with Gasteiger partial charge in [0, 0.05) is 36.5 Å². The quantitative estimate of drug-likeness (QED) is 0.0834. The van der Waals surface area contributed by atoms with Gasteiger partial charge in [-0.15, -0.1) is 5.54 Å². The van der Waals surface area contributed by atoms with Crippen LogP contribution in [0.5, 0.6) is 5.75 Å². The molecule has 63 heavy (non-hydrogen) atoms. The van der Waals surface area contributed by atoms with Gasteiger partial charge in [-0.05, 0) is 90.4 Å². The number of anilines is 1. The van der Waals surface area contributed by atoms with Gasteiger partial charge >= 0.3 is 6.09 Å². The molecule has 1 amide bonds. The van der Waals surface area contributed by atoms with Gasteiger partial charge < -0.3 is 14.1 Å². The van der Waals surface area contributed by atoms with E-state index >= 15 is 8.78 Å². The highest BCUT2D eigenvalue weighted by Gasteiger charge is 2.48. The molecule has 0 radical (unpaired) electrons. The fourth-order valence-electron chi connectivity index (χ4n) is 11.2. The summed E-state index contributed by atoms with van der Waals surface area (Å²) in [5.41, 5.74) is 5.25. The third-order valence-electron chi connectivity index (χ3n) is 13.9. The predicted molar refractivity (Wildman–Crippen MR) is 259 cm³/mol. The Hall–Kier alpha value is -3.94. The van der Waals surface area contributed by atoms with E-state index in [1.165, 1.54) is 12.3 Å². The number of aromatic nitrogens is 3. The monoisotopic (exact) mass is 917 g/mol. The van der Waals surface area contributed by atoms with Crippen molar-refractivity contribution in [2.75, 3.05) is 24.2 Å². The molecule has 0 aliphatic carbocycles. The van der Waals surface area contributed by atoms with Crippen LogP contribution in [0.1, 0.15) is 122 Å². The van der Waals surface area contributed by atoms with Crippen LogP contribution in [0.3, 0.4) is 0 Å². The Morgan fingerprint density at radius 1 is 0.857 bits per heavy atom. The standard InChI is InChI=1S/C49H69F2N5O4SSi2/c1-28(2)62(29(3)4,30(5)6)22-21-38-41(50)20-17-34-23-37(60-63(31(7)8,32(9)10)33(11)12)24-39(42(34)38)44-43(51)45-40(25-52-44)46(54-47(53-45)61(16)58)55-26-35-18-19-36(27-55)56(35)48(57)59-49(13,14)15/h17,20,23-25,28-33,35-36H,18-19,26-27H2,1-16H3/t35-,36+,61?. The zero-order chi connectivity index (χ0) is 46.7. The van der Waals surface area contributed by atoms with Gasteiger partial charge in [0.05, 0.1) is 33.8 Å². The maximum absolute atomic E-state index is 17.8. The Balaban J connectivity index is 1.61. The summed E-state index contributed by atoms with van der Waals surface area (Å²) in [5, 5.41) is 1.45. The van der Waals surface area contributed by atoms with E-state index in [0.29, 0.717) is 63.0 Å². The van der Waals surface area contributed by atoms with Crippen LogP contribution in [-0.4, -0.2) is 83.6 Å². The molecule has 342 valence electrons. The molecule has 14 heteroatoms. The third kappa shape index (κ3) is 8.92. The highest BCUT2D eigenvalue weighted by atomic mass is 32.2. The molecule has 0 spiro atoms. The number of nitrogens with zero attached hydrogens (tertiary/aromatic N) is 5. The lowest BCUT2D eigenvalue weighted by Crippen LogP contribution is -2.57. The molecule has 2 aromatic carbocycles. The van der Waals surface area contributed by atoms with E-state index < -0.39 is 44.4 Å². The van der Waals surface area contributed by atoms with Crippen molar-refractivity contribution >= 4 is 60.8 Å². The smallest absolute Gasteiger partial charge is 0.410 e. The average molecular weight is 918 g/mol. The van der Waals surface area contributed by atoms with Crippen molar-refractivity contribution in [1.29, 1.82) is 0 Å². The number of pyridine rings is 1. The van der Waals surface area contributed by atoms with Gasteiger partial charge in [0.15, 0.2) is 5.82 Å². The number of hydrogen-bond acceptors (Lipinski definition) is 8. The van der Waals surface area contributed by atoms with Crippen LogP contribution >= 0.6 is 0 Å². The minimum absolute atomic E-state index is 0.0195. The van der Waals surface area contributed by atoms with Gasteiger partial charge in [-0.3, -0.25) is 14.1 Å². The number of hydrogen-bond donors (Lipinski definition) is 0. The summed E-state index contributed by atoms with van der Waals surface area (Å²) in [7, 11) is -6.51. The molecule has 4 heterocycles. The number of carbonyl (C=O) groups excluding carboxylic acids is 1. The highest BCUT2D eigenvalue weighted by Crippen LogP contribution is 2.46. The van der Waals surface area contributed by atoms with Gasteiger partial charge in [-0.1, -0.05) is 95.1 Å². The van der Waals surface area contributed by atoms with E-state index in [4.69, 9.17) is 19.1 Å². The number of fused-ring (bicyclic) bond motifs is 4. The lowest BCUT2D eigenvalue weighted by Gasteiger charge is -2.42. The first-order valence-corrected chi connectivity index (χ1v) is 28.7. The number of amides is 1. The zero-order valence-electron chi connectivity index (χ0n) is 40.4.